The largest absolute Gasteiger partial charge is 0.378 e. The van der Waals surface area contributed by atoms with Crippen molar-refractivity contribution in [2.45, 2.75) is 31.9 Å². The number of hydrogen-bond donors (Lipinski definition) is 1. The van der Waals surface area contributed by atoms with Crippen LogP contribution in [0.25, 0.3) is 0 Å². The fourth-order valence-corrected chi connectivity index (χ4v) is 2.83. The first-order valence-electron chi connectivity index (χ1n) is 6.34. The van der Waals surface area contributed by atoms with Gasteiger partial charge in [-0.15, -0.1) is 0 Å². The van der Waals surface area contributed by atoms with Crippen LogP contribution < -0.4 is 5.32 Å². The molecule has 0 bridgehead atoms. The summed E-state index contributed by atoms with van der Waals surface area (Å²) >= 11 is 5.76. The van der Waals surface area contributed by atoms with Crippen LogP contribution in [0.3, 0.4) is 0 Å². The van der Waals surface area contributed by atoms with Gasteiger partial charge in [-0.25, -0.2) is 4.39 Å². The smallest absolute Gasteiger partial charge is 0.127 e. The average Bonchev–Trinajstić information content (AvgIpc) is 2.75. The molecule has 0 amide bonds. The minimum absolute atomic E-state index is 0.227. The highest BCUT2D eigenvalue weighted by Gasteiger charge is 2.31. The number of rotatable bonds is 4. The molecule has 0 saturated carbocycles. The highest BCUT2D eigenvalue weighted by molar-refractivity contribution is 6.30. The van der Waals surface area contributed by atoms with Gasteiger partial charge < -0.3 is 10.1 Å². The average molecular weight is 272 g/mol. The van der Waals surface area contributed by atoms with Crippen molar-refractivity contribution in [3.8, 4) is 0 Å². The van der Waals surface area contributed by atoms with E-state index in [1.54, 1.807) is 12.1 Å². The van der Waals surface area contributed by atoms with Crippen LogP contribution in [0, 0.1) is 11.7 Å². The van der Waals surface area contributed by atoms with E-state index in [0.717, 1.165) is 13.0 Å². The molecule has 0 aromatic heterocycles. The molecule has 0 radical (unpaired) electrons. The van der Waals surface area contributed by atoms with E-state index in [-0.39, 0.29) is 18.0 Å². The van der Waals surface area contributed by atoms with Crippen molar-refractivity contribution in [3.63, 3.8) is 0 Å². The van der Waals surface area contributed by atoms with Crippen LogP contribution in [-0.2, 0) is 11.2 Å². The number of halogens is 2. The summed E-state index contributed by atoms with van der Waals surface area (Å²) in [6, 6.07) is 5.11. The lowest BCUT2D eigenvalue weighted by molar-refractivity contribution is 0.0962. The van der Waals surface area contributed by atoms with Gasteiger partial charge in [0, 0.05) is 23.6 Å². The van der Waals surface area contributed by atoms with Crippen LogP contribution in [0.5, 0.6) is 0 Å². The van der Waals surface area contributed by atoms with Crippen LogP contribution in [0.4, 0.5) is 4.39 Å². The number of hydrogen-bond acceptors (Lipinski definition) is 2. The van der Waals surface area contributed by atoms with Gasteiger partial charge in [0.15, 0.2) is 0 Å². The summed E-state index contributed by atoms with van der Waals surface area (Å²) in [6.45, 7) is 2.88. The van der Waals surface area contributed by atoms with Gasteiger partial charge in [-0.3, -0.25) is 0 Å². The second-order valence-electron chi connectivity index (χ2n) is 4.86. The Balaban J connectivity index is 2.10. The quantitative estimate of drug-likeness (QED) is 0.909. The summed E-state index contributed by atoms with van der Waals surface area (Å²) in [5, 5.41) is 3.72. The zero-order chi connectivity index (χ0) is 13.1. The molecule has 1 N–H and O–H groups in total. The van der Waals surface area contributed by atoms with Gasteiger partial charge in [-0.05, 0) is 44.5 Å². The lowest BCUT2D eigenvalue weighted by Gasteiger charge is -2.25. The highest BCUT2D eigenvalue weighted by atomic mass is 35.5. The van der Waals surface area contributed by atoms with E-state index < -0.39 is 0 Å². The van der Waals surface area contributed by atoms with Crippen molar-refractivity contribution in [3.05, 3.63) is 34.6 Å². The first kappa shape index (κ1) is 13.8. The standard InChI is InChI=1S/C14H19ClFNO/c1-9-12(5-6-18-9)14(17-2)7-10-3-4-11(15)8-13(10)16/h3-4,8-9,12,14,17H,5-7H2,1-2H3. The summed E-state index contributed by atoms with van der Waals surface area (Å²) in [5.74, 6) is 0.208. The highest BCUT2D eigenvalue weighted by Crippen LogP contribution is 2.26. The predicted octanol–water partition coefficient (Wildman–Crippen LogP) is 3.03. The van der Waals surface area contributed by atoms with E-state index >= 15 is 0 Å². The SMILES string of the molecule is CNC(Cc1ccc(Cl)cc1F)C1CCOC1C. The third-order valence-corrected chi connectivity index (χ3v) is 4.01. The summed E-state index contributed by atoms with van der Waals surface area (Å²) in [4.78, 5) is 0. The van der Waals surface area contributed by atoms with Gasteiger partial charge in [0.05, 0.1) is 6.10 Å². The predicted molar refractivity (Wildman–Crippen MR) is 71.5 cm³/mol. The van der Waals surface area contributed by atoms with Crippen LogP contribution in [0.1, 0.15) is 18.9 Å². The molecule has 1 aliphatic heterocycles. The Bertz CT molecular complexity index is 413. The molecule has 100 valence electrons. The second kappa shape index (κ2) is 6.00. The lowest BCUT2D eigenvalue weighted by atomic mass is 9.89. The fourth-order valence-electron chi connectivity index (χ4n) is 2.67. The topological polar surface area (TPSA) is 21.3 Å². The molecule has 1 aliphatic rings. The Morgan fingerprint density at radius 1 is 1.56 bits per heavy atom. The summed E-state index contributed by atoms with van der Waals surface area (Å²) in [6.07, 6.45) is 1.93. The van der Waals surface area contributed by atoms with Gasteiger partial charge >= 0.3 is 0 Å². The molecule has 4 heteroatoms. The Morgan fingerprint density at radius 2 is 2.33 bits per heavy atom. The van der Waals surface area contributed by atoms with Crippen molar-refractivity contribution in [1.82, 2.24) is 5.32 Å². The third kappa shape index (κ3) is 3.02. The molecule has 18 heavy (non-hydrogen) atoms. The summed E-state index contributed by atoms with van der Waals surface area (Å²) < 4.78 is 19.4. The van der Waals surface area contributed by atoms with Crippen LogP contribution in [-0.4, -0.2) is 25.8 Å². The van der Waals surface area contributed by atoms with Gasteiger partial charge in [-0.1, -0.05) is 17.7 Å². The number of nitrogens with one attached hydrogen (secondary N) is 1. The van der Waals surface area contributed by atoms with E-state index in [2.05, 4.69) is 12.2 Å². The van der Waals surface area contributed by atoms with Gasteiger partial charge in [-0.2, -0.15) is 0 Å². The molecule has 0 spiro atoms. The summed E-state index contributed by atoms with van der Waals surface area (Å²) in [7, 11) is 1.92. The third-order valence-electron chi connectivity index (χ3n) is 3.78. The maximum atomic E-state index is 13.8. The van der Waals surface area contributed by atoms with Crippen molar-refractivity contribution < 1.29 is 9.13 Å². The lowest BCUT2D eigenvalue weighted by Crippen LogP contribution is -2.39. The van der Waals surface area contributed by atoms with E-state index in [4.69, 9.17) is 16.3 Å². The molecule has 2 nitrogen and oxygen atoms in total. The van der Waals surface area contributed by atoms with Crippen molar-refractivity contribution in [1.29, 1.82) is 0 Å². The molecule has 3 unspecified atom stereocenters. The van der Waals surface area contributed by atoms with Crippen molar-refractivity contribution in [2.75, 3.05) is 13.7 Å². The molecular weight excluding hydrogens is 253 g/mol. The maximum Gasteiger partial charge on any atom is 0.127 e. The minimum atomic E-state index is -0.227. The molecule has 1 aromatic rings. The zero-order valence-electron chi connectivity index (χ0n) is 10.7. The van der Waals surface area contributed by atoms with E-state index in [0.29, 0.717) is 22.9 Å². The fraction of sp³-hybridized carbons (Fsp3) is 0.571. The number of ether oxygens (including phenoxy) is 1. The number of benzene rings is 1. The molecule has 0 aliphatic carbocycles. The maximum absolute atomic E-state index is 13.8. The van der Waals surface area contributed by atoms with Gasteiger partial charge in [0.25, 0.3) is 0 Å². The van der Waals surface area contributed by atoms with Gasteiger partial charge in [0.1, 0.15) is 5.82 Å². The zero-order valence-corrected chi connectivity index (χ0v) is 11.5. The first-order valence-corrected chi connectivity index (χ1v) is 6.72. The Morgan fingerprint density at radius 3 is 2.89 bits per heavy atom. The normalized spacial score (nSPS) is 25.3. The Hall–Kier alpha value is -0.640. The first-order chi connectivity index (χ1) is 8.61. The van der Waals surface area contributed by atoms with Crippen LogP contribution in [0.2, 0.25) is 5.02 Å². The molecule has 1 fully saturated rings. The van der Waals surface area contributed by atoms with E-state index in [1.807, 2.05) is 7.05 Å². The monoisotopic (exact) mass is 271 g/mol. The second-order valence-corrected chi connectivity index (χ2v) is 5.30. The molecule has 2 rings (SSSR count). The number of likely N-dealkylation sites (N-methyl/N-ethyl adjacent to an activating group) is 1. The molecule has 1 heterocycles. The molecule has 1 saturated heterocycles. The van der Waals surface area contributed by atoms with E-state index in [9.17, 15) is 4.39 Å². The van der Waals surface area contributed by atoms with Crippen LogP contribution >= 0.6 is 11.6 Å². The molecule has 1 aromatic carbocycles. The van der Waals surface area contributed by atoms with Gasteiger partial charge in [0.2, 0.25) is 0 Å². The molecule has 3 atom stereocenters. The minimum Gasteiger partial charge on any atom is -0.378 e. The Labute approximate surface area is 112 Å². The Kier molecular flexibility index (Phi) is 4.60. The van der Waals surface area contributed by atoms with E-state index in [1.165, 1.54) is 6.07 Å². The van der Waals surface area contributed by atoms with Crippen molar-refractivity contribution in [2.24, 2.45) is 5.92 Å². The summed E-state index contributed by atoms with van der Waals surface area (Å²) in [5.41, 5.74) is 0.706. The van der Waals surface area contributed by atoms with Crippen molar-refractivity contribution >= 4 is 11.6 Å². The molecular formula is C14H19ClFNO. The van der Waals surface area contributed by atoms with Crippen LogP contribution in [0.15, 0.2) is 18.2 Å².